The normalized spacial score (nSPS) is 17.3. The van der Waals surface area contributed by atoms with Crippen LogP contribution < -0.4 is 14.8 Å². The summed E-state index contributed by atoms with van der Waals surface area (Å²) in [5, 5.41) is 2.92. The predicted octanol–water partition coefficient (Wildman–Crippen LogP) is 2.87. The molecule has 2 aromatic rings. The van der Waals surface area contributed by atoms with Crippen LogP contribution in [0.25, 0.3) is 0 Å². The van der Waals surface area contributed by atoms with Gasteiger partial charge >= 0.3 is 0 Å². The van der Waals surface area contributed by atoms with Gasteiger partial charge in [0.2, 0.25) is 5.91 Å². The predicted molar refractivity (Wildman–Crippen MR) is 96.0 cm³/mol. The highest BCUT2D eigenvalue weighted by atomic mass is 16.5. The standard InChI is InChI=1S/C19H23N3O3/c1-24-15-5-6-18(25-2)16(12-15)17-4-3-11-22(17)13-19(23)21-14-7-9-20-10-8-14/h5-10,12,17H,3-4,11,13H2,1-2H3,(H,20,21,23)/t17-/m0/s1. The average molecular weight is 341 g/mol. The third-order valence-corrected chi connectivity index (χ3v) is 4.47. The fourth-order valence-electron chi connectivity index (χ4n) is 3.29. The quantitative estimate of drug-likeness (QED) is 0.875. The first-order valence-corrected chi connectivity index (χ1v) is 8.37. The zero-order valence-corrected chi connectivity index (χ0v) is 14.6. The molecule has 0 radical (unpaired) electrons. The summed E-state index contributed by atoms with van der Waals surface area (Å²) in [7, 11) is 3.32. The van der Waals surface area contributed by atoms with E-state index in [0.717, 1.165) is 42.1 Å². The number of carbonyl (C=O) groups is 1. The highest BCUT2D eigenvalue weighted by Crippen LogP contribution is 2.38. The molecule has 1 aliphatic heterocycles. The second kappa shape index (κ2) is 7.98. The summed E-state index contributed by atoms with van der Waals surface area (Å²) in [6.07, 6.45) is 5.37. The minimum absolute atomic E-state index is 0.0278. The molecule has 0 bridgehead atoms. The summed E-state index contributed by atoms with van der Waals surface area (Å²) in [5.74, 6) is 1.59. The fourth-order valence-corrected chi connectivity index (χ4v) is 3.29. The summed E-state index contributed by atoms with van der Waals surface area (Å²) < 4.78 is 10.9. The van der Waals surface area contributed by atoms with Crippen LogP contribution in [0.15, 0.2) is 42.7 Å². The molecule has 0 aliphatic carbocycles. The first-order chi connectivity index (χ1) is 12.2. The molecule has 1 amide bonds. The first-order valence-electron chi connectivity index (χ1n) is 8.37. The SMILES string of the molecule is COc1ccc(OC)c([C@@H]2CCCN2CC(=O)Nc2ccncc2)c1. The molecule has 132 valence electrons. The molecule has 25 heavy (non-hydrogen) atoms. The van der Waals surface area contributed by atoms with E-state index < -0.39 is 0 Å². The van der Waals surface area contributed by atoms with Crippen molar-refractivity contribution in [2.45, 2.75) is 18.9 Å². The van der Waals surface area contributed by atoms with E-state index in [9.17, 15) is 4.79 Å². The largest absolute Gasteiger partial charge is 0.497 e. The Morgan fingerprint density at radius 2 is 2.04 bits per heavy atom. The van der Waals surface area contributed by atoms with Crippen LogP contribution in [0.2, 0.25) is 0 Å². The molecule has 1 atom stereocenters. The third-order valence-electron chi connectivity index (χ3n) is 4.47. The lowest BCUT2D eigenvalue weighted by Gasteiger charge is -2.26. The van der Waals surface area contributed by atoms with Crippen LogP contribution in [0.4, 0.5) is 5.69 Å². The van der Waals surface area contributed by atoms with E-state index in [1.54, 1.807) is 38.7 Å². The van der Waals surface area contributed by atoms with Crippen molar-refractivity contribution in [2.24, 2.45) is 0 Å². The number of amides is 1. The number of rotatable bonds is 6. The number of hydrogen-bond acceptors (Lipinski definition) is 5. The van der Waals surface area contributed by atoms with Gasteiger partial charge in [-0.1, -0.05) is 0 Å². The number of hydrogen-bond donors (Lipinski definition) is 1. The zero-order valence-electron chi connectivity index (χ0n) is 14.6. The number of ether oxygens (including phenoxy) is 2. The Labute approximate surface area is 147 Å². The number of anilines is 1. The maximum Gasteiger partial charge on any atom is 0.238 e. The summed E-state index contributed by atoms with van der Waals surface area (Å²) in [6.45, 7) is 1.22. The van der Waals surface area contributed by atoms with Crippen LogP contribution in [0, 0.1) is 0 Å². The summed E-state index contributed by atoms with van der Waals surface area (Å²) in [5.41, 5.74) is 1.82. The second-order valence-corrected chi connectivity index (χ2v) is 6.02. The Morgan fingerprint density at radius 3 is 2.76 bits per heavy atom. The molecule has 3 rings (SSSR count). The first kappa shape index (κ1) is 17.2. The van der Waals surface area contributed by atoms with Crippen LogP contribution in [0.1, 0.15) is 24.4 Å². The number of benzene rings is 1. The monoisotopic (exact) mass is 341 g/mol. The van der Waals surface area contributed by atoms with Gasteiger partial charge in [0, 0.05) is 29.7 Å². The van der Waals surface area contributed by atoms with Crippen molar-refractivity contribution in [3.05, 3.63) is 48.3 Å². The lowest BCUT2D eigenvalue weighted by molar-refractivity contribution is -0.117. The molecule has 6 heteroatoms. The van der Waals surface area contributed by atoms with Crippen molar-refractivity contribution in [3.63, 3.8) is 0 Å². The van der Waals surface area contributed by atoms with Crippen molar-refractivity contribution in [1.82, 2.24) is 9.88 Å². The highest BCUT2D eigenvalue weighted by Gasteiger charge is 2.30. The van der Waals surface area contributed by atoms with E-state index in [0.29, 0.717) is 6.54 Å². The van der Waals surface area contributed by atoms with Crippen molar-refractivity contribution in [2.75, 3.05) is 32.6 Å². The fraction of sp³-hybridized carbons (Fsp3) is 0.368. The Morgan fingerprint density at radius 1 is 1.24 bits per heavy atom. The van der Waals surface area contributed by atoms with E-state index in [1.807, 2.05) is 18.2 Å². The van der Waals surface area contributed by atoms with E-state index in [2.05, 4.69) is 15.2 Å². The van der Waals surface area contributed by atoms with Crippen molar-refractivity contribution >= 4 is 11.6 Å². The van der Waals surface area contributed by atoms with Crippen LogP contribution >= 0.6 is 0 Å². The van der Waals surface area contributed by atoms with Crippen molar-refractivity contribution < 1.29 is 14.3 Å². The number of methoxy groups -OCH3 is 2. The lowest BCUT2D eigenvalue weighted by Crippen LogP contribution is -2.33. The van der Waals surface area contributed by atoms with Crippen LogP contribution in [0.3, 0.4) is 0 Å². The summed E-state index contributed by atoms with van der Waals surface area (Å²) in [4.78, 5) is 18.5. The smallest absolute Gasteiger partial charge is 0.238 e. The van der Waals surface area contributed by atoms with Crippen LogP contribution in [-0.4, -0.2) is 43.1 Å². The maximum atomic E-state index is 12.4. The summed E-state index contributed by atoms with van der Waals surface area (Å²) in [6, 6.07) is 9.52. The van der Waals surface area contributed by atoms with Gasteiger partial charge in [-0.2, -0.15) is 0 Å². The molecule has 2 heterocycles. The van der Waals surface area contributed by atoms with Gasteiger partial charge in [-0.05, 0) is 49.7 Å². The molecule has 1 fully saturated rings. The van der Waals surface area contributed by atoms with Gasteiger partial charge in [0.1, 0.15) is 11.5 Å². The van der Waals surface area contributed by atoms with Gasteiger partial charge in [-0.3, -0.25) is 14.7 Å². The Kier molecular flexibility index (Phi) is 5.50. The second-order valence-electron chi connectivity index (χ2n) is 6.02. The number of nitrogens with zero attached hydrogens (tertiary/aromatic N) is 2. The molecule has 1 aliphatic rings. The molecule has 6 nitrogen and oxygen atoms in total. The molecule has 1 aromatic heterocycles. The van der Waals surface area contributed by atoms with Gasteiger partial charge in [0.05, 0.1) is 20.8 Å². The Hall–Kier alpha value is -2.60. The number of pyridine rings is 1. The van der Waals surface area contributed by atoms with Crippen molar-refractivity contribution in [3.8, 4) is 11.5 Å². The van der Waals surface area contributed by atoms with Gasteiger partial charge < -0.3 is 14.8 Å². The van der Waals surface area contributed by atoms with Gasteiger partial charge in [0.15, 0.2) is 0 Å². The molecule has 1 saturated heterocycles. The van der Waals surface area contributed by atoms with Gasteiger partial charge in [0.25, 0.3) is 0 Å². The Bertz CT molecular complexity index is 721. The minimum atomic E-state index is -0.0278. The number of aromatic nitrogens is 1. The topological polar surface area (TPSA) is 63.7 Å². The molecule has 0 saturated carbocycles. The average Bonchev–Trinajstić information content (AvgIpc) is 3.09. The zero-order chi connectivity index (χ0) is 17.6. The van der Waals surface area contributed by atoms with Gasteiger partial charge in [-0.25, -0.2) is 0 Å². The van der Waals surface area contributed by atoms with E-state index in [1.165, 1.54) is 0 Å². The van der Waals surface area contributed by atoms with E-state index >= 15 is 0 Å². The lowest BCUT2D eigenvalue weighted by atomic mass is 10.0. The molecular weight excluding hydrogens is 318 g/mol. The molecule has 0 unspecified atom stereocenters. The van der Waals surface area contributed by atoms with E-state index in [-0.39, 0.29) is 11.9 Å². The third kappa shape index (κ3) is 4.09. The molecule has 0 spiro atoms. The number of nitrogens with one attached hydrogen (secondary N) is 1. The molecular formula is C19H23N3O3. The number of likely N-dealkylation sites (tertiary alicyclic amines) is 1. The molecule has 1 N–H and O–H groups in total. The van der Waals surface area contributed by atoms with Gasteiger partial charge in [-0.15, -0.1) is 0 Å². The van der Waals surface area contributed by atoms with Crippen molar-refractivity contribution in [1.29, 1.82) is 0 Å². The van der Waals surface area contributed by atoms with Crippen LogP contribution in [-0.2, 0) is 4.79 Å². The van der Waals surface area contributed by atoms with Crippen LogP contribution in [0.5, 0.6) is 11.5 Å². The maximum absolute atomic E-state index is 12.4. The summed E-state index contributed by atoms with van der Waals surface area (Å²) >= 11 is 0. The highest BCUT2D eigenvalue weighted by molar-refractivity contribution is 5.92. The molecule has 1 aromatic carbocycles. The Balaban J connectivity index is 1.73. The number of carbonyl (C=O) groups excluding carboxylic acids is 1. The minimum Gasteiger partial charge on any atom is -0.497 e. The van der Waals surface area contributed by atoms with E-state index in [4.69, 9.17) is 9.47 Å².